The molecule has 0 unspecified atom stereocenters. The Labute approximate surface area is 202 Å². The van der Waals surface area contributed by atoms with E-state index >= 15 is 0 Å². The van der Waals surface area contributed by atoms with Crippen molar-refractivity contribution in [3.05, 3.63) is 47.7 Å². The van der Waals surface area contributed by atoms with Crippen molar-refractivity contribution in [1.82, 2.24) is 19.7 Å². The molecule has 0 atom stereocenters. The third kappa shape index (κ3) is 6.51. The minimum absolute atomic E-state index is 0.185. The largest absolute Gasteiger partial charge is 0.454 e. The first-order valence-corrected chi connectivity index (χ1v) is 12.7. The monoisotopic (exact) mass is 470 g/mol. The zero-order chi connectivity index (χ0) is 23.8. The van der Waals surface area contributed by atoms with E-state index < -0.39 is 0 Å². The number of hydrogen-bond acceptors (Lipinski definition) is 5. The van der Waals surface area contributed by atoms with Gasteiger partial charge in [-0.1, -0.05) is 19.8 Å². The summed E-state index contributed by atoms with van der Waals surface area (Å²) in [7, 11) is 0. The van der Waals surface area contributed by atoms with E-state index in [9.17, 15) is 9.59 Å². The van der Waals surface area contributed by atoms with Crippen molar-refractivity contribution in [3.63, 3.8) is 0 Å². The summed E-state index contributed by atoms with van der Waals surface area (Å²) in [5.41, 5.74) is 1.08. The predicted molar refractivity (Wildman–Crippen MR) is 130 cm³/mol. The third-order valence-corrected chi connectivity index (χ3v) is 6.81. The molecule has 1 saturated carbocycles. The highest BCUT2D eigenvalue weighted by molar-refractivity contribution is 5.91. The minimum Gasteiger partial charge on any atom is -0.454 e. The fourth-order valence-electron chi connectivity index (χ4n) is 4.90. The molecule has 8 nitrogen and oxygen atoms in total. The van der Waals surface area contributed by atoms with Crippen molar-refractivity contribution >= 4 is 11.8 Å². The maximum Gasteiger partial charge on any atom is 0.287 e. The number of amides is 2. The minimum atomic E-state index is -0.191. The van der Waals surface area contributed by atoms with Crippen molar-refractivity contribution in [3.8, 4) is 0 Å². The van der Waals surface area contributed by atoms with Gasteiger partial charge in [0.15, 0.2) is 5.76 Å². The van der Waals surface area contributed by atoms with Gasteiger partial charge in [-0.25, -0.2) is 0 Å². The molecule has 2 amide bonds. The summed E-state index contributed by atoms with van der Waals surface area (Å²) in [5.74, 6) is 1.34. The van der Waals surface area contributed by atoms with Crippen LogP contribution < -0.4 is 5.32 Å². The quantitative estimate of drug-likeness (QED) is 0.546. The first-order chi connectivity index (χ1) is 16.6. The van der Waals surface area contributed by atoms with Crippen molar-refractivity contribution < 1.29 is 18.7 Å². The SMILES string of the molecule is CCCN(Cc1cccn1Cc1ccc(C(=O)NCCN2CCOCC2)o1)C(=O)C1CCCC1. The van der Waals surface area contributed by atoms with E-state index in [1.807, 2.05) is 23.2 Å². The topological polar surface area (TPSA) is 80.0 Å². The zero-order valence-electron chi connectivity index (χ0n) is 20.3. The molecule has 186 valence electrons. The van der Waals surface area contributed by atoms with Gasteiger partial charge in [0.05, 0.1) is 26.3 Å². The van der Waals surface area contributed by atoms with Gasteiger partial charge in [-0.15, -0.1) is 0 Å². The van der Waals surface area contributed by atoms with Crippen LogP contribution in [-0.4, -0.2) is 72.1 Å². The van der Waals surface area contributed by atoms with Crippen LogP contribution in [0.3, 0.4) is 0 Å². The van der Waals surface area contributed by atoms with Gasteiger partial charge in [0.2, 0.25) is 5.91 Å². The lowest BCUT2D eigenvalue weighted by molar-refractivity contribution is -0.136. The molecule has 1 aliphatic carbocycles. The average molecular weight is 471 g/mol. The highest BCUT2D eigenvalue weighted by atomic mass is 16.5. The molecular weight excluding hydrogens is 432 g/mol. The number of nitrogens with zero attached hydrogens (tertiary/aromatic N) is 3. The lowest BCUT2D eigenvalue weighted by Gasteiger charge is -2.26. The molecule has 2 aliphatic rings. The molecular formula is C26H38N4O4. The second kappa shape index (κ2) is 12.2. The Hall–Kier alpha value is -2.58. The summed E-state index contributed by atoms with van der Waals surface area (Å²) in [4.78, 5) is 29.8. The molecule has 1 saturated heterocycles. The molecule has 1 aliphatic heterocycles. The van der Waals surface area contributed by atoms with Crippen molar-refractivity contribution in [2.24, 2.45) is 5.92 Å². The Morgan fingerprint density at radius 1 is 1.15 bits per heavy atom. The van der Waals surface area contributed by atoms with Crippen LogP contribution in [0.15, 0.2) is 34.9 Å². The number of carbonyl (C=O) groups is 2. The smallest absolute Gasteiger partial charge is 0.287 e. The second-order valence-corrected chi connectivity index (χ2v) is 9.34. The summed E-state index contributed by atoms with van der Waals surface area (Å²) in [6.45, 7) is 8.72. The Balaban J connectivity index is 1.31. The maximum absolute atomic E-state index is 13.0. The second-order valence-electron chi connectivity index (χ2n) is 9.34. The van der Waals surface area contributed by atoms with Crippen LogP contribution in [-0.2, 0) is 22.6 Å². The van der Waals surface area contributed by atoms with Crippen LogP contribution in [0.2, 0.25) is 0 Å². The third-order valence-electron chi connectivity index (χ3n) is 6.81. The molecule has 8 heteroatoms. The van der Waals surface area contributed by atoms with Gasteiger partial charge >= 0.3 is 0 Å². The van der Waals surface area contributed by atoms with E-state index in [-0.39, 0.29) is 11.8 Å². The van der Waals surface area contributed by atoms with Crippen LogP contribution in [0, 0.1) is 5.92 Å². The van der Waals surface area contributed by atoms with Crippen molar-refractivity contribution in [2.45, 2.75) is 52.1 Å². The van der Waals surface area contributed by atoms with Gasteiger partial charge in [-0.3, -0.25) is 14.5 Å². The molecule has 2 aromatic heterocycles. The van der Waals surface area contributed by atoms with Crippen LogP contribution in [0.4, 0.5) is 0 Å². The molecule has 0 radical (unpaired) electrons. The number of hydrogen-bond donors (Lipinski definition) is 1. The standard InChI is InChI=1S/C26H38N4O4/c1-2-12-30(26(32)21-6-3-4-7-21)19-22-8-5-13-29(22)20-23-9-10-24(34-23)25(31)27-11-14-28-15-17-33-18-16-28/h5,8-10,13,21H,2-4,6-7,11-12,14-20H2,1H3,(H,27,31). The molecule has 2 aromatic rings. The van der Waals surface area contributed by atoms with Gasteiger partial charge in [0, 0.05) is 50.5 Å². The van der Waals surface area contributed by atoms with Crippen LogP contribution >= 0.6 is 0 Å². The van der Waals surface area contributed by atoms with Gasteiger partial charge in [0.25, 0.3) is 5.91 Å². The fourth-order valence-corrected chi connectivity index (χ4v) is 4.90. The van der Waals surface area contributed by atoms with E-state index in [1.54, 1.807) is 6.07 Å². The summed E-state index contributed by atoms with van der Waals surface area (Å²) in [5, 5.41) is 2.94. The number of rotatable bonds is 11. The zero-order valence-corrected chi connectivity index (χ0v) is 20.3. The van der Waals surface area contributed by atoms with Crippen LogP contribution in [0.25, 0.3) is 0 Å². The molecule has 2 fully saturated rings. The number of carbonyl (C=O) groups excluding carboxylic acids is 2. The Morgan fingerprint density at radius 2 is 1.94 bits per heavy atom. The Kier molecular flexibility index (Phi) is 8.82. The molecule has 0 bridgehead atoms. The van der Waals surface area contributed by atoms with E-state index in [0.717, 1.165) is 83.0 Å². The lowest BCUT2D eigenvalue weighted by atomic mass is 10.1. The van der Waals surface area contributed by atoms with Gasteiger partial charge < -0.3 is 23.9 Å². The van der Waals surface area contributed by atoms with E-state index in [0.29, 0.717) is 31.3 Å². The Morgan fingerprint density at radius 3 is 2.71 bits per heavy atom. The highest BCUT2D eigenvalue weighted by Gasteiger charge is 2.27. The average Bonchev–Trinajstić information content (AvgIpc) is 3.62. The van der Waals surface area contributed by atoms with Gasteiger partial charge in [-0.05, 0) is 43.5 Å². The van der Waals surface area contributed by atoms with Gasteiger partial charge in [-0.2, -0.15) is 0 Å². The number of morpholine rings is 1. The van der Waals surface area contributed by atoms with E-state index in [2.05, 4.69) is 27.8 Å². The number of aromatic nitrogens is 1. The maximum atomic E-state index is 13.0. The molecule has 0 aromatic carbocycles. The number of nitrogens with one attached hydrogen (secondary N) is 1. The van der Waals surface area contributed by atoms with Crippen molar-refractivity contribution in [1.29, 1.82) is 0 Å². The molecule has 3 heterocycles. The van der Waals surface area contributed by atoms with Crippen LogP contribution in [0.5, 0.6) is 0 Å². The molecule has 34 heavy (non-hydrogen) atoms. The normalized spacial score (nSPS) is 17.2. The first-order valence-electron chi connectivity index (χ1n) is 12.7. The predicted octanol–water partition coefficient (Wildman–Crippen LogP) is 3.12. The molecule has 4 rings (SSSR count). The van der Waals surface area contributed by atoms with Gasteiger partial charge in [0.1, 0.15) is 5.76 Å². The lowest BCUT2D eigenvalue weighted by Crippen LogP contribution is -2.41. The highest BCUT2D eigenvalue weighted by Crippen LogP contribution is 2.27. The molecule has 0 spiro atoms. The van der Waals surface area contributed by atoms with E-state index in [1.165, 1.54) is 0 Å². The first kappa shape index (κ1) is 24.5. The summed E-state index contributed by atoms with van der Waals surface area (Å²) >= 11 is 0. The summed E-state index contributed by atoms with van der Waals surface area (Å²) in [6.07, 6.45) is 7.31. The summed E-state index contributed by atoms with van der Waals surface area (Å²) in [6, 6.07) is 7.65. The summed E-state index contributed by atoms with van der Waals surface area (Å²) < 4.78 is 13.3. The van der Waals surface area contributed by atoms with Crippen LogP contribution in [0.1, 0.15) is 61.0 Å². The van der Waals surface area contributed by atoms with E-state index in [4.69, 9.17) is 9.15 Å². The van der Waals surface area contributed by atoms with Crippen molar-refractivity contribution in [2.75, 3.05) is 45.9 Å². The number of ether oxygens (including phenoxy) is 1. The fraction of sp³-hybridized carbons (Fsp3) is 0.615. The molecule has 1 N–H and O–H groups in total. The Bertz CT molecular complexity index is 925. The number of furan rings is 1.